The summed E-state index contributed by atoms with van der Waals surface area (Å²) in [6, 6.07) is 27.9. The molecule has 0 radical (unpaired) electrons. The molecule has 0 unspecified atom stereocenters. The maximum Gasteiger partial charge on any atom is 0.255 e. The fourth-order valence-corrected chi connectivity index (χ4v) is 7.12. The molecule has 2 aliphatic heterocycles. The Morgan fingerprint density at radius 3 is 2.55 bits per heavy atom. The number of aromatic amines is 1. The van der Waals surface area contributed by atoms with Crippen LogP contribution in [-0.4, -0.2) is 64.9 Å². The monoisotopic (exact) mass is 644 g/mol. The van der Waals surface area contributed by atoms with Crippen LogP contribution in [0.2, 0.25) is 0 Å². The van der Waals surface area contributed by atoms with Crippen LogP contribution < -0.4 is 25.4 Å². The fourth-order valence-electron chi connectivity index (χ4n) is 6.29. The van der Waals surface area contributed by atoms with Crippen molar-refractivity contribution in [2.45, 2.75) is 25.0 Å². The summed E-state index contributed by atoms with van der Waals surface area (Å²) in [5, 5.41) is 26.6. The number of benzene rings is 4. The molecule has 2 fully saturated rings. The molecule has 2 atom stereocenters. The summed E-state index contributed by atoms with van der Waals surface area (Å²) < 4.78 is 14.1. The number of thiophene rings is 1. The van der Waals surface area contributed by atoms with E-state index in [0.29, 0.717) is 17.1 Å². The highest BCUT2D eigenvalue weighted by molar-refractivity contribution is 7.17. The number of nitrogens with one attached hydrogen (secondary N) is 3. The number of tetrazole rings is 1. The summed E-state index contributed by atoms with van der Waals surface area (Å²) in [6.45, 7) is 3.71. The molecule has 4 aromatic carbocycles. The van der Waals surface area contributed by atoms with Crippen LogP contribution in [-0.2, 0) is 0 Å². The Bertz CT molecular complexity index is 2030. The summed E-state index contributed by atoms with van der Waals surface area (Å²) in [5.74, 6) is 1.85. The molecule has 2 aliphatic rings. The Labute approximate surface area is 275 Å². The predicted octanol–water partition coefficient (Wildman–Crippen LogP) is 5.12. The number of carbonyl (C=O) groups is 1. The molecule has 236 valence electrons. The smallest absolute Gasteiger partial charge is 0.255 e. The largest absolute Gasteiger partial charge is 0.488 e. The van der Waals surface area contributed by atoms with Gasteiger partial charge in [0.05, 0.1) is 6.54 Å². The van der Waals surface area contributed by atoms with Crippen molar-refractivity contribution < 1.29 is 19.6 Å². The maximum absolute atomic E-state index is 13.8. The molecule has 0 bridgehead atoms. The zero-order valence-electron chi connectivity index (χ0n) is 25.6. The van der Waals surface area contributed by atoms with E-state index in [1.165, 1.54) is 10.1 Å². The van der Waals surface area contributed by atoms with Crippen molar-refractivity contribution in [3.05, 3.63) is 95.9 Å². The van der Waals surface area contributed by atoms with Gasteiger partial charge in [-0.3, -0.25) is 4.79 Å². The van der Waals surface area contributed by atoms with Crippen molar-refractivity contribution in [3.8, 4) is 45.1 Å². The zero-order chi connectivity index (χ0) is 31.6. The molecule has 10 nitrogen and oxygen atoms in total. The lowest BCUT2D eigenvalue weighted by molar-refractivity contribution is -0.638. The van der Waals surface area contributed by atoms with Crippen molar-refractivity contribution >= 4 is 33.0 Å². The molecular formula is C36H34N7O3S+. The van der Waals surface area contributed by atoms with Crippen molar-refractivity contribution in [1.82, 2.24) is 25.9 Å². The van der Waals surface area contributed by atoms with Crippen LogP contribution in [0.4, 0.5) is 5.69 Å². The van der Waals surface area contributed by atoms with Gasteiger partial charge in [-0.1, -0.05) is 30.3 Å². The van der Waals surface area contributed by atoms with E-state index in [-0.39, 0.29) is 18.1 Å². The molecule has 4 heterocycles. The molecule has 5 N–H and O–H groups in total. The summed E-state index contributed by atoms with van der Waals surface area (Å²) in [5.41, 5.74) is 5.76. The van der Waals surface area contributed by atoms with Crippen LogP contribution in [0.5, 0.6) is 11.5 Å². The number of ether oxygens (including phenoxy) is 2. The van der Waals surface area contributed by atoms with Gasteiger partial charge in [-0.15, -0.1) is 21.5 Å². The fraction of sp³-hybridized carbons (Fsp3) is 0.222. The number of hydrogen-bond donors (Lipinski definition) is 4. The summed E-state index contributed by atoms with van der Waals surface area (Å²) in [6.07, 6.45) is 2.16. The lowest BCUT2D eigenvalue weighted by Gasteiger charge is -2.18. The van der Waals surface area contributed by atoms with Gasteiger partial charge in [0.15, 0.2) is 6.10 Å². The van der Waals surface area contributed by atoms with E-state index in [9.17, 15) is 4.79 Å². The molecule has 8 rings (SSSR count). The van der Waals surface area contributed by atoms with Gasteiger partial charge < -0.3 is 25.4 Å². The highest BCUT2D eigenvalue weighted by Gasteiger charge is 2.23. The van der Waals surface area contributed by atoms with Gasteiger partial charge in [0.1, 0.15) is 24.1 Å². The molecule has 6 aromatic rings. The number of amides is 1. The summed E-state index contributed by atoms with van der Waals surface area (Å²) >= 11 is 1.70. The van der Waals surface area contributed by atoms with E-state index in [1.807, 2.05) is 60.7 Å². The SMILES string of the molecule is O=C(Nc1ccc(O[C@@H]2CC[NH2+]C2)c(-c2cccc(-c3nn[nH]n3)c2)c1)c1ccc(O[C@H]2CCNC2)c(-c2ccc3ccsc3c2)c1. The van der Waals surface area contributed by atoms with E-state index in [0.717, 1.165) is 78.3 Å². The van der Waals surface area contributed by atoms with Crippen LogP contribution in [0.15, 0.2) is 90.3 Å². The van der Waals surface area contributed by atoms with Crippen molar-refractivity contribution in [1.29, 1.82) is 0 Å². The van der Waals surface area contributed by atoms with Gasteiger partial charge in [0, 0.05) is 45.6 Å². The highest BCUT2D eigenvalue weighted by Crippen LogP contribution is 2.37. The standard InChI is InChI=1S/C36H33N7O3S/c44-36(26-6-8-32(45-28-10-13-37-20-28)30(17-26)24-5-4-22-12-15-47-34(22)18-24)39-27-7-9-33(46-29-11-14-38-21-29)31(19-27)23-2-1-3-25(16-23)35-40-42-43-41-35/h1-9,12,15-19,28-29,37-38H,10-11,13-14,20-21H2,(H,39,44)(H,40,41,42,43)/p+1/t28-,29+/m0/s1. The molecular weight excluding hydrogens is 611 g/mol. The van der Waals surface area contributed by atoms with Crippen LogP contribution in [0.1, 0.15) is 23.2 Å². The van der Waals surface area contributed by atoms with Crippen LogP contribution in [0.3, 0.4) is 0 Å². The number of nitrogens with two attached hydrogens (primary N) is 1. The molecule has 47 heavy (non-hydrogen) atoms. The third kappa shape index (κ3) is 6.33. The number of rotatable bonds is 9. The molecule has 0 saturated carbocycles. The quantitative estimate of drug-likeness (QED) is 0.172. The number of fused-ring (bicyclic) bond motifs is 1. The number of H-pyrrole nitrogens is 1. The molecule has 2 saturated heterocycles. The highest BCUT2D eigenvalue weighted by atomic mass is 32.1. The molecule has 1 amide bonds. The van der Waals surface area contributed by atoms with Gasteiger partial charge in [-0.2, -0.15) is 5.21 Å². The predicted molar refractivity (Wildman–Crippen MR) is 183 cm³/mol. The third-order valence-corrected chi connectivity index (χ3v) is 9.63. The number of hydrogen-bond acceptors (Lipinski definition) is 8. The van der Waals surface area contributed by atoms with Crippen molar-refractivity contribution in [2.75, 3.05) is 31.5 Å². The molecule has 2 aromatic heterocycles. The van der Waals surface area contributed by atoms with Crippen LogP contribution in [0.25, 0.3) is 43.7 Å². The molecule has 0 aliphatic carbocycles. The zero-order valence-corrected chi connectivity index (χ0v) is 26.4. The van der Waals surface area contributed by atoms with Gasteiger partial charge in [-0.05, 0) is 94.7 Å². The average molecular weight is 645 g/mol. The minimum Gasteiger partial charge on any atom is -0.488 e. The van der Waals surface area contributed by atoms with Crippen LogP contribution in [0, 0.1) is 0 Å². The van der Waals surface area contributed by atoms with Gasteiger partial charge in [0.2, 0.25) is 5.82 Å². The van der Waals surface area contributed by atoms with Crippen molar-refractivity contribution in [2.24, 2.45) is 0 Å². The Hall–Kier alpha value is -5.10. The number of aromatic nitrogens is 4. The van der Waals surface area contributed by atoms with E-state index in [2.05, 4.69) is 66.2 Å². The number of carbonyl (C=O) groups excluding carboxylic acids is 1. The summed E-state index contributed by atoms with van der Waals surface area (Å²) in [7, 11) is 0. The first-order valence-electron chi connectivity index (χ1n) is 15.9. The van der Waals surface area contributed by atoms with Gasteiger partial charge in [0.25, 0.3) is 5.91 Å². The first kappa shape index (κ1) is 29.3. The Morgan fingerprint density at radius 2 is 1.72 bits per heavy atom. The Balaban J connectivity index is 1.12. The minimum absolute atomic E-state index is 0.0961. The topological polar surface area (TPSA) is 131 Å². The number of quaternary nitrogens is 1. The maximum atomic E-state index is 13.8. The summed E-state index contributed by atoms with van der Waals surface area (Å²) in [4.78, 5) is 13.8. The van der Waals surface area contributed by atoms with Gasteiger partial charge >= 0.3 is 0 Å². The Morgan fingerprint density at radius 1 is 0.872 bits per heavy atom. The molecule has 0 spiro atoms. The van der Waals surface area contributed by atoms with E-state index < -0.39 is 0 Å². The van der Waals surface area contributed by atoms with Crippen molar-refractivity contribution in [3.63, 3.8) is 0 Å². The Kier molecular flexibility index (Phi) is 8.08. The first-order valence-corrected chi connectivity index (χ1v) is 16.8. The van der Waals surface area contributed by atoms with E-state index in [4.69, 9.17) is 9.47 Å². The second-order valence-corrected chi connectivity index (χ2v) is 12.9. The average Bonchev–Trinajstić information content (AvgIpc) is 3.94. The second kappa shape index (κ2) is 13.0. The minimum atomic E-state index is -0.205. The lowest BCUT2D eigenvalue weighted by atomic mass is 10.00. The van der Waals surface area contributed by atoms with E-state index in [1.54, 1.807) is 11.3 Å². The third-order valence-electron chi connectivity index (χ3n) is 8.75. The number of anilines is 1. The van der Waals surface area contributed by atoms with E-state index >= 15 is 0 Å². The normalized spacial score (nSPS) is 17.6. The van der Waals surface area contributed by atoms with Gasteiger partial charge in [-0.25, -0.2) is 0 Å². The lowest BCUT2D eigenvalue weighted by Crippen LogP contribution is -2.81. The molecule has 11 heteroatoms. The number of nitrogens with zero attached hydrogens (tertiary/aromatic N) is 3. The first-order chi connectivity index (χ1) is 23.2. The second-order valence-electron chi connectivity index (χ2n) is 11.9. The van der Waals surface area contributed by atoms with Crippen LogP contribution >= 0.6 is 11.3 Å².